The van der Waals surface area contributed by atoms with Crippen LogP contribution in [0.25, 0.3) is 0 Å². The highest BCUT2D eigenvalue weighted by molar-refractivity contribution is 7.16. The third-order valence-electron chi connectivity index (χ3n) is 3.16. The molecule has 0 bridgehead atoms. The SMILES string of the molecule is Clc1ccc(C(NCc2ccccc2Cl)c2ccco2)s1. The van der Waals surface area contributed by atoms with Crippen molar-refractivity contribution in [2.24, 2.45) is 0 Å². The first-order chi connectivity index (χ1) is 10.2. The zero-order chi connectivity index (χ0) is 14.7. The minimum atomic E-state index is -0.0335. The molecule has 0 aliphatic heterocycles. The Morgan fingerprint density at radius 3 is 2.57 bits per heavy atom. The second kappa shape index (κ2) is 6.67. The lowest BCUT2D eigenvalue weighted by Crippen LogP contribution is -2.20. The van der Waals surface area contributed by atoms with Crippen LogP contribution in [0.4, 0.5) is 0 Å². The van der Waals surface area contributed by atoms with Gasteiger partial charge in [0.05, 0.1) is 10.6 Å². The van der Waals surface area contributed by atoms with Gasteiger partial charge >= 0.3 is 0 Å². The van der Waals surface area contributed by atoms with Crippen LogP contribution >= 0.6 is 34.5 Å². The zero-order valence-electron chi connectivity index (χ0n) is 11.1. The third-order valence-corrected chi connectivity index (χ3v) is 4.83. The predicted molar refractivity (Wildman–Crippen MR) is 88.2 cm³/mol. The van der Waals surface area contributed by atoms with Gasteiger partial charge in [0.1, 0.15) is 11.8 Å². The summed E-state index contributed by atoms with van der Waals surface area (Å²) >= 11 is 13.8. The molecular weight excluding hydrogens is 325 g/mol. The molecule has 3 aromatic rings. The number of rotatable bonds is 5. The van der Waals surface area contributed by atoms with Crippen molar-refractivity contribution in [2.45, 2.75) is 12.6 Å². The lowest BCUT2D eigenvalue weighted by atomic mass is 10.1. The highest BCUT2D eigenvalue weighted by atomic mass is 35.5. The van der Waals surface area contributed by atoms with Crippen molar-refractivity contribution in [1.29, 1.82) is 0 Å². The number of hydrogen-bond donors (Lipinski definition) is 1. The summed E-state index contributed by atoms with van der Waals surface area (Å²) < 4.78 is 6.31. The topological polar surface area (TPSA) is 25.2 Å². The summed E-state index contributed by atoms with van der Waals surface area (Å²) in [6, 6.07) is 15.5. The molecule has 0 spiro atoms. The highest BCUT2D eigenvalue weighted by Crippen LogP contribution is 2.31. The first-order valence-electron chi connectivity index (χ1n) is 6.49. The third kappa shape index (κ3) is 3.50. The van der Waals surface area contributed by atoms with E-state index in [-0.39, 0.29) is 6.04 Å². The van der Waals surface area contributed by atoms with Crippen LogP contribution in [0.15, 0.2) is 59.2 Å². The van der Waals surface area contributed by atoms with Gasteiger partial charge in [-0.1, -0.05) is 41.4 Å². The summed E-state index contributed by atoms with van der Waals surface area (Å²) in [4.78, 5) is 1.11. The monoisotopic (exact) mass is 337 g/mol. The zero-order valence-corrected chi connectivity index (χ0v) is 13.4. The van der Waals surface area contributed by atoms with E-state index in [9.17, 15) is 0 Å². The van der Waals surface area contributed by atoms with Crippen molar-refractivity contribution in [3.63, 3.8) is 0 Å². The van der Waals surface area contributed by atoms with Crippen molar-refractivity contribution in [2.75, 3.05) is 0 Å². The predicted octanol–water partition coefficient (Wildman–Crippen LogP) is 5.53. The Bertz CT molecular complexity index is 709. The van der Waals surface area contributed by atoms with Crippen LogP contribution in [0.5, 0.6) is 0 Å². The van der Waals surface area contributed by atoms with E-state index < -0.39 is 0 Å². The average Bonchev–Trinajstić information content (AvgIpc) is 3.13. The Labute approximate surface area is 137 Å². The summed E-state index contributed by atoms with van der Waals surface area (Å²) in [7, 11) is 0. The lowest BCUT2D eigenvalue weighted by Gasteiger charge is -2.16. The molecule has 0 fully saturated rings. The van der Waals surface area contributed by atoms with E-state index in [2.05, 4.69) is 5.32 Å². The number of halogens is 2. The van der Waals surface area contributed by atoms with Crippen molar-refractivity contribution in [3.05, 3.63) is 80.4 Å². The van der Waals surface area contributed by atoms with Crippen LogP contribution in [0, 0.1) is 0 Å². The molecule has 5 heteroatoms. The average molecular weight is 338 g/mol. The fourth-order valence-corrected chi connectivity index (χ4v) is 3.48. The summed E-state index contributed by atoms with van der Waals surface area (Å²) in [6.45, 7) is 0.653. The van der Waals surface area contributed by atoms with Gasteiger partial charge in [0.2, 0.25) is 0 Å². The van der Waals surface area contributed by atoms with E-state index in [1.165, 1.54) is 0 Å². The molecule has 0 radical (unpaired) electrons. The van der Waals surface area contributed by atoms with E-state index in [0.29, 0.717) is 6.54 Å². The van der Waals surface area contributed by atoms with E-state index in [4.69, 9.17) is 27.6 Å². The molecule has 0 aliphatic carbocycles. The Kier molecular flexibility index (Phi) is 4.66. The van der Waals surface area contributed by atoms with Crippen molar-refractivity contribution in [1.82, 2.24) is 5.32 Å². The molecule has 2 nitrogen and oxygen atoms in total. The molecule has 2 heterocycles. The highest BCUT2D eigenvalue weighted by Gasteiger charge is 2.18. The normalized spacial score (nSPS) is 12.5. The van der Waals surface area contributed by atoms with E-state index in [1.807, 2.05) is 48.5 Å². The lowest BCUT2D eigenvalue weighted by molar-refractivity contribution is 0.449. The number of furan rings is 1. The van der Waals surface area contributed by atoms with E-state index in [0.717, 1.165) is 25.6 Å². The Morgan fingerprint density at radius 2 is 1.90 bits per heavy atom. The van der Waals surface area contributed by atoms with Crippen LogP contribution in [-0.4, -0.2) is 0 Å². The van der Waals surface area contributed by atoms with Gasteiger partial charge in [0, 0.05) is 16.4 Å². The van der Waals surface area contributed by atoms with Crippen LogP contribution in [0.2, 0.25) is 9.36 Å². The number of thiophene rings is 1. The smallest absolute Gasteiger partial charge is 0.126 e. The molecule has 3 rings (SSSR count). The molecule has 21 heavy (non-hydrogen) atoms. The standard InChI is InChI=1S/C16H13Cl2NOS/c17-12-5-2-1-4-11(12)10-19-16(13-6-3-9-20-13)14-7-8-15(18)21-14/h1-9,16,19H,10H2. The molecule has 0 aliphatic rings. The van der Waals surface area contributed by atoms with Gasteiger partial charge in [-0.2, -0.15) is 0 Å². The molecular formula is C16H13Cl2NOS. The molecule has 1 aromatic carbocycles. The minimum Gasteiger partial charge on any atom is -0.467 e. The fraction of sp³-hybridized carbons (Fsp3) is 0.125. The van der Waals surface area contributed by atoms with Crippen LogP contribution in [0.1, 0.15) is 22.2 Å². The summed E-state index contributed by atoms with van der Waals surface area (Å²) in [5.74, 6) is 0.862. The largest absolute Gasteiger partial charge is 0.467 e. The summed E-state index contributed by atoms with van der Waals surface area (Å²) in [6.07, 6.45) is 1.68. The van der Waals surface area contributed by atoms with Gasteiger partial charge < -0.3 is 4.42 Å². The van der Waals surface area contributed by atoms with Gasteiger partial charge in [-0.15, -0.1) is 11.3 Å². The van der Waals surface area contributed by atoms with Crippen LogP contribution in [-0.2, 0) is 6.54 Å². The first kappa shape index (κ1) is 14.7. The first-order valence-corrected chi connectivity index (χ1v) is 8.06. The van der Waals surface area contributed by atoms with Gasteiger partial charge in [0.25, 0.3) is 0 Å². The summed E-state index contributed by atoms with van der Waals surface area (Å²) in [5.41, 5.74) is 1.05. The van der Waals surface area contributed by atoms with Crippen LogP contribution in [0.3, 0.4) is 0 Å². The van der Waals surface area contributed by atoms with Gasteiger partial charge in [-0.25, -0.2) is 0 Å². The second-order valence-electron chi connectivity index (χ2n) is 4.56. The maximum absolute atomic E-state index is 6.20. The molecule has 1 N–H and O–H groups in total. The molecule has 1 atom stereocenters. The van der Waals surface area contributed by atoms with Gasteiger partial charge in [-0.05, 0) is 35.9 Å². The van der Waals surface area contributed by atoms with Crippen molar-refractivity contribution >= 4 is 34.5 Å². The number of benzene rings is 1. The second-order valence-corrected chi connectivity index (χ2v) is 6.72. The quantitative estimate of drug-likeness (QED) is 0.662. The maximum atomic E-state index is 6.20. The number of hydrogen-bond acceptors (Lipinski definition) is 3. The molecule has 2 aromatic heterocycles. The van der Waals surface area contributed by atoms with Crippen molar-refractivity contribution in [3.8, 4) is 0 Å². The van der Waals surface area contributed by atoms with E-state index >= 15 is 0 Å². The Hall–Kier alpha value is -1.26. The van der Waals surface area contributed by atoms with Crippen molar-refractivity contribution < 1.29 is 4.42 Å². The Balaban J connectivity index is 1.82. The molecule has 0 amide bonds. The van der Waals surface area contributed by atoms with Gasteiger partial charge in [0.15, 0.2) is 0 Å². The summed E-state index contributed by atoms with van der Waals surface area (Å²) in [5, 5.41) is 4.24. The fourth-order valence-electron chi connectivity index (χ4n) is 2.13. The van der Waals surface area contributed by atoms with E-state index in [1.54, 1.807) is 17.6 Å². The van der Waals surface area contributed by atoms with Crippen LogP contribution < -0.4 is 5.32 Å². The number of nitrogens with one attached hydrogen (secondary N) is 1. The van der Waals surface area contributed by atoms with Gasteiger partial charge in [-0.3, -0.25) is 5.32 Å². The minimum absolute atomic E-state index is 0.0335. The molecule has 0 saturated heterocycles. The molecule has 108 valence electrons. The Morgan fingerprint density at radius 1 is 1.05 bits per heavy atom. The maximum Gasteiger partial charge on any atom is 0.126 e. The molecule has 1 unspecified atom stereocenters. The molecule has 0 saturated carbocycles.